The summed E-state index contributed by atoms with van der Waals surface area (Å²) in [7, 11) is 1.71. The fourth-order valence-electron chi connectivity index (χ4n) is 2.58. The lowest BCUT2D eigenvalue weighted by atomic mass is 9.94. The summed E-state index contributed by atoms with van der Waals surface area (Å²) in [5, 5.41) is 9.32. The zero-order valence-corrected chi connectivity index (χ0v) is 10.9. The number of nitrogens with zero attached hydrogens (tertiary/aromatic N) is 1. The van der Waals surface area contributed by atoms with E-state index in [1.807, 2.05) is 6.07 Å². The molecular formula is C14H20FNO2. The molecule has 1 fully saturated rings. The second-order valence-electron chi connectivity index (χ2n) is 5.07. The molecule has 100 valence electrons. The molecule has 1 aromatic carbocycles. The average molecular weight is 253 g/mol. The van der Waals surface area contributed by atoms with Crippen molar-refractivity contribution in [2.75, 3.05) is 25.1 Å². The van der Waals surface area contributed by atoms with Crippen LogP contribution in [0.1, 0.15) is 25.3 Å². The van der Waals surface area contributed by atoms with E-state index >= 15 is 0 Å². The van der Waals surface area contributed by atoms with Gasteiger partial charge in [0.25, 0.3) is 0 Å². The van der Waals surface area contributed by atoms with Crippen LogP contribution in [0.5, 0.6) is 0 Å². The van der Waals surface area contributed by atoms with Crippen LogP contribution < -0.4 is 4.90 Å². The zero-order chi connectivity index (χ0) is 13.2. The highest BCUT2D eigenvalue weighted by molar-refractivity contribution is 5.54. The molecule has 2 rings (SSSR count). The van der Waals surface area contributed by atoms with Crippen molar-refractivity contribution in [2.45, 2.75) is 32.0 Å². The number of rotatable bonds is 3. The molecule has 1 aliphatic rings. The summed E-state index contributed by atoms with van der Waals surface area (Å²) in [5.41, 5.74) is 0.954. The van der Waals surface area contributed by atoms with Gasteiger partial charge in [0.2, 0.25) is 0 Å². The number of aliphatic hydroxyl groups is 1. The Morgan fingerprint density at radius 3 is 2.94 bits per heavy atom. The van der Waals surface area contributed by atoms with Gasteiger partial charge in [0.15, 0.2) is 0 Å². The van der Waals surface area contributed by atoms with Crippen molar-refractivity contribution in [3.63, 3.8) is 0 Å². The Morgan fingerprint density at radius 1 is 1.50 bits per heavy atom. The van der Waals surface area contributed by atoms with Crippen molar-refractivity contribution in [1.82, 2.24) is 0 Å². The summed E-state index contributed by atoms with van der Waals surface area (Å²) in [5.74, 6) is -0.348. The molecule has 1 N–H and O–H groups in total. The van der Waals surface area contributed by atoms with Crippen LogP contribution in [0.2, 0.25) is 0 Å². The lowest BCUT2D eigenvalue weighted by Crippen LogP contribution is -2.47. The van der Waals surface area contributed by atoms with Gasteiger partial charge in [-0.25, -0.2) is 4.39 Å². The Labute approximate surface area is 107 Å². The summed E-state index contributed by atoms with van der Waals surface area (Å²) in [6, 6.07) is 4.92. The second-order valence-corrected chi connectivity index (χ2v) is 5.07. The van der Waals surface area contributed by atoms with Crippen LogP contribution >= 0.6 is 0 Å². The van der Waals surface area contributed by atoms with E-state index in [1.54, 1.807) is 13.2 Å². The van der Waals surface area contributed by atoms with Crippen LogP contribution in [0.15, 0.2) is 18.2 Å². The Bertz CT molecular complexity index is 424. The summed E-state index contributed by atoms with van der Waals surface area (Å²) in [6.07, 6.45) is 2.01. The van der Waals surface area contributed by atoms with Gasteiger partial charge in [-0.05, 0) is 31.9 Å². The first-order valence-electron chi connectivity index (χ1n) is 6.28. The summed E-state index contributed by atoms with van der Waals surface area (Å²) >= 11 is 0. The number of anilines is 1. The molecule has 0 aromatic heterocycles. The molecule has 1 atom stereocenters. The quantitative estimate of drug-likeness (QED) is 0.897. The Balaban J connectivity index is 2.29. The monoisotopic (exact) mass is 253 g/mol. The van der Waals surface area contributed by atoms with Gasteiger partial charge in [0.05, 0.1) is 12.2 Å². The number of aliphatic hydroxyl groups excluding tert-OH is 1. The van der Waals surface area contributed by atoms with E-state index in [2.05, 4.69) is 11.8 Å². The van der Waals surface area contributed by atoms with Crippen molar-refractivity contribution in [1.29, 1.82) is 0 Å². The van der Waals surface area contributed by atoms with Gasteiger partial charge in [0.1, 0.15) is 5.82 Å². The lowest BCUT2D eigenvalue weighted by Gasteiger charge is -2.41. The van der Waals surface area contributed by atoms with E-state index in [-0.39, 0.29) is 18.0 Å². The molecular weight excluding hydrogens is 233 g/mol. The van der Waals surface area contributed by atoms with Crippen LogP contribution in [-0.4, -0.2) is 30.9 Å². The highest BCUT2D eigenvalue weighted by Crippen LogP contribution is 2.31. The number of halogens is 1. The van der Waals surface area contributed by atoms with Crippen molar-refractivity contribution >= 4 is 5.69 Å². The third kappa shape index (κ3) is 2.49. The molecule has 0 amide bonds. The smallest absolute Gasteiger partial charge is 0.130 e. The van der Waals surface area contributed by atoms with E-state index in [0.29, 0.717) is 5.56 Å². The number of hydrogen-bond donors (Lipinski definition) is 1. The zero-order valence-electron chi connectivity index (χ0n) is 10.9. The number of hydrogen-bond acceptors (Lipinski definition) is 3. The van der Waals surface area contributed by atoms with Crippen molar-refractivity contribution in [3.8, 4) is 0 Å². The van der Waals surface area contributed by atoms with E-state index in [1.165, 1.54) is 6.07 Å². The van der Waals surface area contributed by atoms with Gasteiger partial charge in [-0.3, -0.25) is 0 Å². The van der Waals surface area contributed by atoms with Crippen LogP contribution in [0.4, 0.5) is 10.1 Å². The Morgan fingerprint density at radius 2 is 2.28 bits per heavy atom. The minimum atomic E-state index is -0.348. The van der Waals surface area contributed by atoms with Crippen molar-refractivity contribution in [2.24, 2.45) is 0 Å². The third-order valence-electron chi connectivity index (χ3n) is 3.74. The molecule has 4 heteroatoms. The first-order valence-corrected chi connectivity index (χ1v) is 6.28. The van der Waals surface area contributed by atoms with Gasteiger partial charge in [0, 0.05) is 31.5 Å². The fourth-order valence-corrected chi connectivity index (χ4v) is 2.58. The molecule has 0 aliphatic carbocycles. The summed E-state index contributed by atoms with van der Waals surface area (Å²) in [4.78, 5) is 2.10. The SMILES string of the molecule is COC1(C)CCCN(c2cccc(F)c2CO)C1. The summed E-state index contributed by atoms with van der Waals surface area (Å²) in [6.45, 7) is 3.38. The Hall–Kier alpha value is -1.13. The van der Waals surface area contributed by atoms with Gasteiger partial charge in [-0.15, -0.1) is 0 Å². The largest absolute Gasteiger partial charge is 0.391 e. The van der Waals surface area contributed by atoms with Crippen LogP contribution in [0, 0.1) is 5.82 Å². The first-order chi connectivity index (χ1) is 8.59. The maximum absolute atomic E-state index is 13.7. The van der Waals surface area contributed by atoms with Crippen LogP contribution in [0.3, 0.4) is 0 Å². The predicted octanol–water partition coefficient (Wildman–Crippen LogP) is 2.32. The first kappa shape index (κ1) is 13.3. The topological polar surface area (TPSA) is 32.7 Å². The fraction of sp³-hybridized carbons (Fsp3) is 0.571. The lowest BCUT2D eigenvalue weighted by molar-refractivity contribution is -0.00474. The van der Waals surface area contributed by atoms with E-state index in [9.17, 15) is 9.50 Å². The predicted molar refractivity (Wildman–Crippen MR) is 69.2 cm³/mol. The standard InChI is InChI=1S/C14H20FNO2/c1-14(18-2)7-4-8-16(10-14)13-6-3-5-12(15)11(13)9-17/h3,5-6,17H,4,7-10H2,1-2H3. The molecule has 1 aliphatic heterocycles. The van der Waals surface area contributed by atoms with Crippen molar-refractivity contribution in [3.05, 3.63) is 29.6 Å². The minimum Gasteiger partial charge on any atom is -0.391 e. The number of piperidine rings is 1. The molecule has 0 saturated carbocycles. The molecule has 1 saturated heterocycles. The van der Waals surface area contributed by atoms with Gasteiger partial charge < -0.3 is 14.7 Å². The number of ether oxygens (including phenoxy) is 1. The van der Waals surface area contributed by atoms with E-state index < -0.39 is 0 Å². The highest BCUT2D eigenvalue weighted by atomic mass is 19.1. The van der Waals surface area contributed by atoms with E-state index in [4.69, 9.17) is 4.74 Å². The van der Waals surface area contributed by atoms with Gasteiger partial charge in [-0.2, -0.15) is 0 Å². The van der Waals surface area contributed by atoms with Crippen LogP contribution in [-0.2, 0) is 11.3 Å². The third-order valence-corrected chi connectivity index (χ3v) is 3.74. The molecule has 1 heterocycles. The van der Waals surface area contributed by atoms with Gasteiger partial charge >= 0.3 is 0 Å². The normalized spacial score (nSPS) is 24.3. The molecule has 0 spiro atoms. The van der Waals surface area contributed by atoms with Gasteiger partial charge in [-0.1, -0.05) is 6.07 Å². The molecule has 3 nitrogen and oxygen atoms in total. The van der Waals surface area contributed by atoms with E-state index in [0.717, 1.165) is 31.6 Å². The average Bonchev–Trinajstić information content (AvgIpc) is 2.38. The second kappa shape index (κ2) is 5.24. The molecule has 1 unspecified atom stereocenters. The Kier molecular flexibility index (Phi) is 3.88. The molecule has 0 bridgehead atoms. The maximum atomic E-state index is 13.7. The van der Waals surface area contributed by atoms with Crippen LogP contribution in [0.25, 0.3) is 0 Å². The highest BCUT2D eigenvalue weighted by Gasteiger charge is 2.31. The molecule has 1 aromatic rings. The number of methoxy groups -OCH3 is 1. The molecule has 0 radical (unpaired) electrons. The maximum Gasteiger partial charge on any atom is 0.130 e. The number of benzene rings is 1. The molecule has 18 heavy (non-hydrogen) atoms. The van der Waals surface area contributed by atoms with Crippen molar-refractivity contribution < 1.29 is 14.2 Å². The summed E-state index contributed by atoms with van der Waals surface area (Å²) < 4.78 is 19.2. The minimum absolute atomic E-state index is 0.197.